The van der Waals surface area contributed by atoms with Crippen molar-refractivity contribution >= 4 is 54.3 Å². The van der Waals surface area contributed by atoms with E-state index in [-0.39, 0.29) is 5.41 Å². The molecule has 0 saturated carbocycles. The molecule has 0 radical (unpaired) electrons. The molecule has 0 amide bonds. The molecule has 0 unspecified atom stereocenters. The summed E-state index contributed by atoms with van der Waals surface area (Å²) in [6.45, 7) is 8.96. The van der Waals surface area contributed by atoms with Crippen LogP contribution >= 0.6 is 0 Å². The molecule has 0 atom stereocenters. The molecule has 1 heterocycles. The van der Waals surface area contributed by atoms with Crippen molar-refractivity contribution < 1.29 is 4.42 Å². The van der Waals surface area contributed by atoms with Crippen molar-refractivity contribution in [2.75, 3.05) is 0 Å². The van der Waals surface area contributed by atoms with Crippen molar-refractivity contribution in [3.05, 3.63) is 157 Å². The standard InChI is InChI=1S/C47H36O/c1-29-22-34(24-35(23-29)33-16-20-41-44-28-36(47(2,3)4)17-21-45(44)48-46(41)27-33)32-15-19-40-39-18-14-31(30-10-6-5-7-11-30)25-42(39)37-12-8-9-13-38(37)43(40)26-32/h5-28H,1-4H3. The van der Waals surface area contributed by atoms with E-state index in [1.807, 2.05) is 0 Å². The molecule has 0 saturated heterocycles. The number of hydrogen-bond donors (Lipinski definition) is 0. The summed E-state index contributed by atoms with van der Waals surface area (Å²) in [5.41, 5.74) is 11.8. The predicted octanol–water partition coefficient (Wildman–Crippen LogP) is 13.7. The normalized spacial score (nSPS) is 12.2. The van der Waals surface area contributed by atoms with Crippen LogP contribution in [0.15, 0.2) is 150 Å². The number of benzene rings is 8. The minimum atomic E-state index is 0.0870. The third-order valence-corrected chi connectivity index (χ3v) is 10.0. The van der Waals surface area contributed by atoms with Gasteiger partial charge in [-0.15, -0.1) is 0 Å². The second kappa shape index (κ2) is 10.7. The molecule has 9 aromatic rings. The molecule has 1 aromatic heterocycles. The van der Waals surface area contributed by atoms with Crippen LogP contribution in [0.25, 0.3) is 87.6 Å². The van der Waals surface area contributed by atoms with Crippen LogP contribution in [0, 0.1) is 6.92 Å². The van der Waals surface area contributed by atoms with Crippen molar-refractivity contribution in [1.29, 1.82) is 0 Å². The summed E-state index contributed by atoms with van der Waals surface area (Å²) in [6, 6.07) is 53.6. The van der Waals surface area contributed by atoms with Gasteiger partial charge in [0.05, 0.1) is 0 Å². The molecule has 48 heavy (non-hydrogen) atoms. The Bertz CT molecular complexity index is 2680. The molecule has 0 aliphatic carbocycles. The number of hydrogen-bond acceptors (Lipinski definition) is 1. The Labute approximate surface area is 281 Å². The first kappa shape index (κ1) is 28.6. The average molecular weight is 617 g/mol. The summed E-state index contributed by atoms with van der Waals surface area (Å²) < 4.78 is 6.38. The van der Waals surface area contributed by atoms with Gasteiger partial charge in [-0.2, -0.15) is 0 Å². The van der Waals surface area contributed by atoms with Gasteiger partial charge >= 0.3 is 0 Å². The van der Waals surface area contributed by atoms with Crippen LogP contribution in [0.3, 0.4) is 0 Å². The first-order valence-corrected chi connectivity index (χ1v) is 16.8. The third kappa shape index (κ3) is 4.69. The average Bonchev–Trinajstić information content (AvgIpc) is 3.48. The molecule has 1 heteroatoms. The first-order chi connectivity index (χ1) is 23.3. The van der Waals surface area contributed by atoms with Gasteiger partial charge in [0.15, 0.2) is 0 Å². The fourth-order valence-corrected chi connectivity index (χ4v) is 7.49. The van der Waals surface area contributed by atoms with Crippen LogP contribution in [0.5, 0.6) is 0 Å². The van der Waals surface area contributed by atoms with Crippen molar-refractivity contribution in [2.24, 2.45) is 0 Å². The van der Waals surface area contributed by atoms with Gasteiger partial charge in [-0.3, -0.25) is 0 Å². The lowest BCUT2D eigenvalue weighted by molar-refractivity contribution is 0.590. The lowest BCUT2D eigenvalue weighted by Crippen LogP contribution is -2.10. The lowest BCUT2D eigenvalue weighted by Gasteiger charge is -2.18. The highest BCUT2D eigenvalue weighted by molar-refractivity contribution is 6.26. The van der Waals surface area contributed by atoms with Gasteiger partial charge in [0.25, 0.3) is 0 Å². The van der Waals surface area contributed by atoms with Crippen LogP contribution in [0.4, 0.5) is 0 Å². The van der Waals surface area contributed by atoms with Crippen LogP contribution < -0.4 is 0 Å². The van der Waals surface area contributed by atoms with E-state index in [0.29, 0.717) is 0 Å². The van der Waals surface area contributed by atoms with Crippen molar-refractivity contribution in [2.45, 2.75) is 33.1 Å². The molecule has 0 fully saturated rings. The minimum Gasteiger partial charge on any atom is -0.456 e. The largest absolute Gasteiger partial charge is 0.456 e. The van der Waals surface area contributed by atoms with Crippen molar-refractivity contribution in [3.8, 4) is 33.4 Å². The summed E-state index contributed by atoms with van der Waals surface area (Å²) in [4.78, 5) is 0. The van der Waals surface area contributed by atoms with Crippen LogP contribution in [0.2, 0.25) is 0 Å². The second-order valence-corrected chi connectivity index (χ2v) is 14.3. The molecular weight excluding hydrogens is 581 g/mol. The van der Waals surface area contributed by atoms with E-state index in [1.165, 1.54) is 76.6 Å². The fraction of sp³-hybridized carbons (Fsp3) is 0.106. The van der Waals surface area contributed by atoms with E-state index in [2.05, 4.69) is 173 Å². The van der Waals surface area contributed by atoms with Crippen LogP contribution in [-0.2, 0) is 5.41 Å². The molecule has 0 aliphatic rings. The van der Waals surface area contributed by atoms with E-state index in [4.69, 9.17) is 4.42 Å². The molecule has 230 valence electrons. The second-order valence-electron chi connectivity index (χ2n) is 14.3. The molecule has 1 nitrogen and oxygen atoms in total. The summed E-state index contributed by atoms with van der Waals surface area (Å²) in [6.07, 6.45) is 0. The Morgan fingerprint density at radius 1 is 0.354 bits per heavy atom. The smallest absolute Gasteiger partial charge is 0.136 e. The van der Waals surface area contributed by atoms with Crippen molar-refractivity contribution in [3.63, 3.8) is 0 Å². The van der Waals surface area contributed by atoms with Gasteiger partial charge in [-0.1, -0.05) is 124 Å². The molecule has 0 spiro atoms. The van der Waals surface area contributed by atoms with E-state index < -0.39 is 0 Å². The molecule has 0 aliphatic heterocycles. The predicted molar refractivity (Wildman–Crippen MR) is 206 cm³/mol. The highest BCUT2D eigenvalue weighted by Crippen LogP contribution is 2.40. The summed E-state index contributed by atoms with van der Waals surface area (Å²) in [7, 11) is 0. The maximum atomic E-state index is 6.38. The maximum Gasteiger partial charge on any atom is 0.136 e. The maximum absolute atomic E-state index is 6.38. The number of furan rings is 1. The van der Waals surface area contributed by atoms with Gasteiger partial charge in [-0.25, -0.2) is 0 Å². The van der Waals surface area contributed by atoms with Crippen LogP contribution in [0.1, 0.15) is 31.9 Å². The van der Waals surface area contributed by atoms with Gasteiger partial charge < -0.3 is 4.42 Å². The molecular formula is C47H36O. The third-order valence-electron chi connectivity index (χ3n) is 10.0. The lowest BCUT2D eigenvalue weighted by atomic mass is 9.86. The zero-order valence-electron chi connectivity index (χ0n) is 27.8. The minimum absolute atomic E-state index is 0.0870. The first-order valence-electron chi connectivity index (χ1n) is 16.8. The molecule has 9 rings (SSSR count). The quantitative estimate of drug-likeness (QED) is 0.180. The Balaban J connectivity index is 1.17. The zero-order valence-corrected chi connectivity index (χ0v) is 27.8. The van der Waals surface area contributed by atoms with Gasteiger partial charge in [0.2, 0.25) is 0 Å². The number of aryl methyl sites for hydroxylation is 1. The summed E-state index contributed by atoms with van der Waals surface area (Å²) in [5.74, 6) is 0. The van der Waals surface area contributed by atoms with E-state index >= 15 is 0 Å². The van der Waals surface area contributed by atoms with E-state index in [1.54, 1.807) is 0 Å². The highest BCUT2D eigenvalue weighted by Gasteiger charge is 2.17. The van der Waals surface area contributed by atoms with Crippen molar-refractivity contribution in [1.82, 2.24) is 0 Å². The SMILES string of the molecule is Cc1cc(-c2ccc3c(c2)oc2ccc(C(C)(C)C)cc23)cc(-c2ccc3c4ccc(-c5ccccc5)cc4c4ccccc4c3c2)c1. The Morgan fingerprint density at radius 2 is 0.896 bits per heavy atom. The monoisotopic (exact) mass is 616 g/mol. The van der Waals surface area contributed by atoms with Gasteiger partial charge in [0, 0.05) is 10.8 Å². The van der Waals surface area contributed by atoms with Crippen LogP contribution in [-0.4, -0.2) is 0 Å². The van der Waals surface area contributed by atoms with E-state index in [0.717, 1.165) is 22.1 Å². The molecule has 0 N–H and O–H groups in total. The Kier molecular flexibility index (Phi) is 6.36. The Morgan fingerprint density at radius 3 is 1.52 bits per heavy atom. The summed E-state index contributed by atoms with van der Waals surface area (Å²) in [5, 5.41) is 10.1. The number of fused-ring (bicyclic) bond motifs is 9. The topological polar surface area (TPSA) is 13.1 Å². The molecule has 0 bridgehead atoms. The fourth-order valence-electron chi connectivity index (χ4n) is 7.49. The number of rotatable bonds is 3. The molecule has 8 aromatic carbocycles. The van der Waals surface area contributed by atoms with E-state index in [9.17, 15) is 0 Å². The highest BCUT2D eigenvalue weighted by atomic mass is 16.3. The summed E-state index contributed by atoms with van der Waals surface area (Å²) >= 11 is 0. The Hall–Kier alpha value is -5.66. The van der Waals surface area contributed by atoms with Gasteiger partial charge in [-0.05, 0) is 132 Å². The zero-order chi connectivity index (χ0) is 32.6. The van der Waals surface area contributed by atoms with Gasteiger partial charge in [0.1, 0.15) is 11.2 Å².